The summed E-state index contributed by atoms with van der Waals surface area (Å²) in [7, 11) is 1.34. The number of nitrogens with one attached hydrogen (secondary N) is 1. The molecule has 10 heavy (non-hydrogen) atoms. The number of hydrogen-bond acceptors (Lipinski definition) is 3. The van der Waals surface area contributed by atoms with Crippen LogP contribution in [0.5, 0.6) is 0 Å². The molecule has 0 radical (unpaired) electrons. The van der Waals surface area contributed by atoms with Crippen LogP contribution >= 0.6 is 0 Å². The monoisotopic (exact) mass is 146 g/mol. The fourth-order valence-electron chi connectivity index (χ4n) is 0.582. The van der Waals surface area contributed by atoms with E-state index in [1.165, 1.54) is 7.11 Å². The summed E-state index contributed by atoms with van der Waals surface area (Å²) in [5, 5.41) is 2.59. The summed E-state index contributed by atoms with van der Waals surface area (Å²) in [6.45, 7) is 2.45. The standard InChI is InChI=1S/C6H14N2O2/c1-5(3-4-7)8-6(9)10-2/h5H,3-4,7H2,1-2H3,(H,8,9). The molecule has 0 saturated heterocycles. The summed E-state index contributed by atoms with van der Waals surface area (Å²) in [4.78, 5) is 10.5. The summed E-state index contributed by atoms with van der Waals surface area (Å²) < 4.78 is 4.38. The van der Waals surface area contributed by atoms with Crippen molar-refractivity contribution in [1.29, 1.82) is 0 Å². The molecule has 1 unspecified atom stereocenters. The van der Waals surface area contributed by atoms with E-state index >= 15 is 0 Å². The van der Waals surface area contributed by atoms with E-state index in [0.29, 0.717) is 6.54 Å². The molecule has 0 saturated carbocycles. The summed E-state index contributed by atoms with van der Waals surface area (Å²) in [5.74, 6) is 0. The maximum absolute atomic E-state index is 10.5. The first kappa shape index (κ1) is 9.23. The second-order valence-corrected chi connectivity index (χ2v) is 2.11. The quantitative estimate of drug-likeness (QED) is 0.592. The lowest BCUT2D eigenvalue weighted by atomic mass is 10.2. The molecule has 0 bridgehead atoms. The molecule has 4 nitrogen and oxygen atoms in total. The third kappa shape index (κ3) is 4.14. The van der Waals surface area contributed by atoms with Crippen molar-refractivity contribution in [3.63, 3.8) is 0 Å². The highest BCUT2D eigenvalue weighted by Gasteiger charge is 2.03. The minimum Gasteiger partial charge on any atom is -0.453 e. The van der Waals surface area contributed by atoms with Crippen LogP contribution in [0, 0.1) is 0 Å². The molecular formula is C6H14N2O2. The van der Waals surface area contributed by atoms with Gasteiger partial charge in [-0.05, 0) is 19.9 Å². The predicted octanol–water partition coefficient (Wildman–Crippen LogP) is 0.0797. The van der Waals surface area contributed by atoms with Crippen molar-refractivity contribution < 1.29 is 9.53 Å². The molecule has 0 aliphatic rings. The second-order valence-electron chi connectivity index (χ2n) is 2.11. The molecule has 60 valence electrons. The molecule has 0 aromatic carbocycles. The Labute approximate surface area is 60.7 Å². The average molecular weight is 146 g/mol. The molecule has 0 spiro atoms. The molecule has 0 aliphatic carbocycles. The lowest BCUT2D eigenvalue weighted by molar-refractivity contribution is 0.167. The zero-order valence-corrected chi connectivity index (χ0v) is 6.39. The van der Waals surface area contributed by atoms with Gasteiger partial charge in [0.15, 0.2) is 0 Å². The van der Waals surface area contributed by atoms with Crippen LogP contribution in [0.25, 0.3) is 0 Å². The van der Waals surface area contributed by atoms with Crippen LogP contribution in [-0.4, -0.2) is 25.8 Å². The van der Waals surface area contributed by atoms with Crippen molar-refractivity contribution in [1.82, 2.24) is 5.32 Å². The zero-order valence-electron chi connectivity index (χ0n) is 6.39. The van der Waals surface area contributed by atoms with Gasteiger partial charge >= 0.3 is 6.09 Å². The second kappa shape index (κ2) is 5.05. The van der Waals surface area contributed by atoms with Crippen molar-refractivity contribution >= 4 is 6.09 Å². The topological polar surface area (TPSA) is 64.3 Å². The van der Waals surface area contributed by atoms with Crippen LogP contribution in [-0.2, 0) is 4.74 Å². The minimum atomic E-state index is -0.402. The van der Waals surface area contributed by atoms with Gasteiger partial charge in [-0.25, -0.2) is 4.79 Å². The average Bonchev–Trinajstić information content (AvgIpc) is 1.88. The van der Waals surface area contributed by atoms with Gasteiger partial charge in [0, 0.05) is 6.04 Å². The summed E-state index contributed by atoms with van der Waals surface area (Å²) in [5.41, 5.74) is 5.25. The maximum atomic E-state index is 10.5. The largest absolute Gasteiger partial charge is 0.453 e. The Hall–Kier alpha value is -0.770. The van der Waals surface area contributed by atoms with Gasteiger partial charge in [-0.2, -0.15) is 0 Å². The lowest BCUT2D eigenvalue weighted by Crippen LogP contribution is -2.33. The van der Waals surface area contributed by atoms with E-state index in [1.54, 1.807) is 0 Å². The molecule has 1 atom stereocenters. The molecule has 0 aliphatic heterocycles. The maximum Gasteiger partial charge on any atom is 0.407 e. The first-order valence-electron chi connectivity index (χ1n) is 3.25. The molecular weight excluding hydrogens is 132 g/mol. The van der Waals surface area contributed by atoms with Gasteiger partial charge in [0.05, 0.1) is 7.11 Å². The van der Waals surface area contributed by atoms with Gasteiger partial charge in [-0.15, -0.1) is 0 Å². The molecule has 0 heterocycles. The van der Waals surface area contributed by atoms with Gasteiger partial charge < -0.3 is 15.8 Å². The van der Waals surface area contributed by atoms with E-state index in [-0.39, 0.29) is 6.04 Å². The van der Waals surface area contributed by atoms with E-state index in [1.807, 2.05) is 6.92 Å². The Morgan fingerprint density at radius 2 is 2.40 bits per heavy atom. The molecule has 0 aromatic rings. The Morgan fingerprint density at radius 3 is 2.80 bits per heavy atom. The van der Waals surface area contributed by atoms with E-state index in [0.717, 1.165) is 6.42 Å². The van der Waals surface area contributed by atoms with Crippen molar-refractivity contribution in [2.75, 3.05) is 13.7 Å². The highest BCUT2D eigenvalue weighted by molar-refractivity contribution is 5.67. The molecule has 1 amide bonds. The van der Waals surface area contributed by atoms with Crippen molar-refractivity contribution in [2.45, 2.75) is 19.4 Å². The Kier molecular flexibility index (Phi) is 4.66. The lowest BCUT2D eigenvalue weighted by Gasteiger charge is -2.10. The van der Waals surface area contributed by atoms with Crippen molar-refractivity contribution in [3.05, 3.63) is 0 Å². The summed E-state index contributed by atoms with van der Waals surface area (Å²) >= 11 is 0. The number of carbonyl (C=O) groups excluding carboxylic acids is 1. The number of carbonyl (C=O) groups is 1. The number of amides is 1. The highest BCUT2D eigenvalue weighted by atomic mass is 16.5. The first-order valence-corrected chi connectivity index (χ1v) is 3.25. The normalized spacial score (nSPS) is 12.3. The molecule has 3 N–H and O–H groups in total. The van der Waals surface area contributed by atoms with Crippen molar-refractivity contribution in [2.24, 2.45) is 5.73 Å². The van der Waals surface area contributed by atoms with Gasteiger partial charge in [-0.3, -0.25) is 0 Å². The molecule has 0 aromatic heterocycles. The molecule has 4 heteroatoms. The summed E-state index contributed by atoms with van der Waals surface area (Å²) in [6, 6.07) is 0.0949. The number of hydrogen-bond donors (Lipinski definition) is 2. The SMILES string of the molecule is COC(=O)NC(C)CCN. The van der Waals surface area contributed by atoms with Crippen molar-refractivity contribution in [3.8, 4) is 0 Å². The van der Waals surface area contributed by atoms with Crippen LogP contribution in [0.1, 0.15) is 13.3 Å². The van der Waals surface area contributed by atoms with E-state index in [9.17, 15) is 4.79 Å². The number of nitrogens with two attached hydrogens (primary N) is 1. The number of ether oxygens (including phenoxy) is 1. The van der Waals surface area contributed by atoms with Gasteiger partial charge in [0.2, 0.25) is 0 Å². The third-order valence-corrected chi connectivity index (χ3v) is 1.15. The van der Waals surface area contributed by atoms with Crippen LogP contribution in [0.4, 0.5) is 4.79 Å². The number of alkyl carbamates (subject to hydrolysis) is 1. The molecule has 0 rings (SSSR count). The highest BCUT2D eigenvalue weighted by Crippen LogP contribution is 1.87. The number of rotatable bonds is 3. The number of methoxy groups -OCH3 is 1. The fraction of sp³-hybridized carbons (Fsp3) is 0.833. The zero-order chi connectivity index (χ0) is 7.98. The predicted molar refractivity (Wildman–Crippen MR) is 38.7 cm³/mol. The smallest absolute Gasteiger partial charge is 0.407 e. The molecule has 0 fully saturated rings. The van der Waals surface area contributed by atoms with Gasteiger partial charge in [0.1, 0.15) is 0 Å². The van der Waals surface area contributed by atoms with E-state index in [4.69, 9.17) is 5.73 Å². The third-order valence-electron chi connectivity index (χ3n) is 1.15. The van der Waals surface area contributed by atoms with E-state index in [2.05, 4.69) is 10.1 Å². The fourth-order valence-corrected chi connectivity index (χ4v) is 0.582. The van der Waals surface area contributed by atoms with Crippen LogP contribution in [0.3, 0.4) is 0 Å². The van der Waals surface area contributed by atoms with Crippen LogP contribution < -0.4 is 11.1 Å². The Balaban J connectivity index is 3.37. The van der Waals surface area contributed by atoms with Crippen LogP contribution in [0.15, 0.2) is 0 Å². The minimum absolute atomic E-state index is 0.0949. The van der Waals surface area contributed by atoms with E-state index < -0.39 is 6.09 Å². The Morgan fingerprint density at radius 1 is 1.80 bits per heavy atom. The summed E-state index contributed by atoms with van der Waals surface area (Å²) in [6.07, 6.45) is 0.371. The van der Waals surface area contributed by atoms with Gasteiger partial charge in [0.25, 0.3) is 0 Å². The Bertz CT molecular complexity index is 106. The van der Waals surface area contributed by atoms with Gasteiger partial charge in [-0.1, -0.05) is 0 Å². The first-order chi connectivity index (χ1) is 4.70. The van der Waals surface area contributed by atoms with Crippen LogP contribution in [0.2, 0.25) is 0 Å².